The number of amides is 2. The minimum absolute atomic E-state index is 0.0130. The SMILES string of the molecule is Cc1cccc(C)c1OCCCNC(=O)NC12CC3CC(CC(C3)C1)C2. The number of nitrogens with one attached hydrogen (secondary N) is 2. The van der Waals surface area contributed by atoms with Crippen LogP contribution in [-0.2, 0) is 0 Å². The van der Waals surface area contributed by atoms with E-state index in [2.05, 4.69) is 36.6 Å². The highest BCUT2D eigenvalue weighted by molar-refractivity contribution is 5.74. The average molecular weight is 357 g/mol. The van der Waals surface area contributed by atoms with Gasteiger partial charge in [-0.05, 0) is 87.7 Å². The summed E-state index contributed by atoms with van der Waals surface area (Å²) in [4.78, 5) is 12.4. The normalized spacial score (nSPS) is 31.7. The summed E-state index contributed by atoms with van der Waals surface area (Å²) in [5.74, 6) is 3.54. The largest absolute Gasteiger partial charge is 0.493 e. The molecular formula is C22H32N2O2. The van der Waals surface area contributed by atoms with Crippen molar-refractivity contribution < 1.29 is 9.53 Å². The van der Waals surface area contributed by atoms with Gasteiger partial charge in [0.05, 0.1) is 6.61 Å². The lowest BCUT2D eigenvalue weighted by Crippen LogP contribution is -2.61. The van der Waals surface area contributed by atoms with E-state index in [1.807, 2.05) is 6.07 Å². The molecule has 4 fully saturated rings. The molecule has 4 heteroatoms. The Bertz CT molecular complexity index is 615. The Labute approximate surface area is 157 Å². The predicted molar refractivity (Wildman–Crippen MR) is 103 cm³/mol. The van der Waals surface area contributed by atoms with Crippen molar-refractivity contribution in [1.82, 2.24) is 10.6 Å². The van der Waals surface area contributed by atoms with E-state index in [0.717, 1.165) is 41.1 Å². The van der Waals surface area contributed by atoms with Crippen molar-refractivity contribution in [2.24, 2.45) is 17.8 Å². The zero-order valence-corrected chi connectivity index (χ0v) is 16.1. The second-order valence-electron chi connectivity index (χ2n) is 9.00. The Kier molecular flexibility index (Phi) is 4.85. The van der Waals surface area contributed by atoms with Gasteiger partial charge in [-0.15, -0.1) is 0 Å². The van der Waals surface area contributed by atoms with Gasteiger partial charge in [0.1, 0.15) is 5.75 Å². The highest BCUT2D eigenvalue weighted by atomic mass is 16.5. The molecule has 4 aliphatic rings. The summed E-state index contributed by atoms with van der Waals surface area (Å²) in [6, 6.07) is 6.20. The zero-order valence-electron chi connectivity index (χ0n) is 16.1. The molecule has 4 bridgehead atoms. The molecule has 0 radical (unpaired) electrons. The van der Waals surface area contributed by atoms with E-state index in [4.69, 9.17) is 4.74 Å². The smallest absolute Gasteiger partial charge is 0.315 e. The van der Waals surface area contributed by atoms with E-state index in [9.17, 15) is 4.79 Å². The second-order valence-corrected chi connectivity index (χ2v) is 9.00. The van der Waals surface area contributed by atoms with Crippen molar-refractivity contribution in [3.63, 3.8) is 0 Å². The highest BCUT2D eigenvalue weighted by Gasteiger charge is 2.51. The Hall–Kier alpha value is -1.71. The maximum absolute atomic E-state index is 12.4. The van der Waals surface area contributed by atoms with Gasteiger partial charge in [0, 0.05) is 12.1 Å². The minimum atomic E-state index is 0.0130. The first-order valence-corrected chi connectivity index (χ1v) is 10.3. The summed E-state index contributed by atoms with van der Waals surface area (Å²) in [6.07, 6.45) is 8.61. The monoisotopic (exact) mass is 356 g/mol. The van der Waals surface area contributed by atoms with Crippen molar-refractivity contribution in [2.45, 2.75) is 64.3 Å². The van der Waals surface area contributed by atoms with Gasteiger partial charge in [-0.2, -0.15) is 0 Å². The Morgan fingerprint density at radius 3 is 2.23 bits per heavy atom. The molecule has 26 heavy (non-hydrogen) atoms. The molecular weight excluding hydrogens is 324 g/mol. The van der Waals surface area contributed by atoms with Crippen LogP contribution in [0.25, 0.3) is 0 Å². The second kappa shape index (κ2) is 7.13. The molecule has 0 saturated heterocycles. The van der Waals surface area contributed by atoms with Gasteiger partial charge >= 0.3 is 6.03 Å². The summed E-state index contributed by atoms with van der Waals surface area (Å²) >= 11 is 0. The van der Waals surface area contributed by atoms with E-state index in [1.165, 1.54) is 38.5 Å². The van der Waals surface area contributed by atoms with Gasteiger partial charge in [0.25, 0.3) is 0 Å². The maximum Gasteiger partial charge on any atom is 0.315 e. The quantitative estimate of drug-likeness (QED) is 0.745. The molecule has 0 heterocycles. The number of urea groups is 1. The van der Waals surface area contributed by atoms with E-state index in [0.29, 0.717) is 13.2 Å². The molecule has 0 aliphatic heterocycles. The van der Waals surface area contributed by atoms with Crippen LogP contribution in [0.5, 0.6) is 5.75 Å². The fraction of sp³-hybridized carbons (Fsp3) is 0.682. The first-order valence-electron chi connectivity index (χ1n) is 10.3. The highest BCUT2D eigenvalue weighted by Crippen LogP contribution is 2.55. The first-order chi connectivity index (χ1) is 12.5. The zero-order chi connectivity index (χ0) is 18.1. The predicted octanol–water partition coefficient (Wildman–Crippen LogP) is 4.34. The number of aryl methyl sites for hydroxylation is 2. The van der Waals surface area contributed by atoms with E-state index >= 15 is 0 Å². The molecule has 0 atom stereocenters. The molecule has 1 aromatic rings. The molecule has 4 aliphatic carbocycles. The molecule has 0 spiro atoms. The lowest BCUT2D eigenvalue weighted by atomic mass is 9.53. The lowest BCUT2D eigenvalue weighted by Gasteiger charge is -2.56. The molecule has 0 aromatic heterocycles. The Morgan fingerprint density at radius 2 is 1.65 bits per heavy atom. The minimum Gasteiger partial charge on any atom is -0.493 e. The number of carbonyl (C=O) groups is 1. The van der Waals surface area contributed by atoms with Crippen molar-refractivity contribution >= 4 is 6.03 Å². The van der Waals surface area contributed by atoms with Crippen molar-refractivity contribution in [3.8, 4) is 5.75 Å². The fourth-order valence-corrected chi connectivity index (χ4v) is 6.02. The summed E-state index contributed by atoms with van der Waals surface area (Å²) in [6.45, 7) is 5.42. The van der Waals surface area contributed by atoms with Gasteiger partial charge < -0.3 is 15.4 Å². The summed E-state index contributed by atoms with van der Waals surface area (Å²) in [5.41, 5.74) is 2.42. The molecule has 4 nitrogen and oxygen atoms in total. The maximum atomic E-state index is 12.4. The van der Waals surface area contributed by atoms with Gasteiger partial charge in [-0.3, -0.25) is 0 Å². The van der Waals surface area contributed by atoms with Crippen LogP contribution in [0.1, 0.15) is 56.1 Å². The average Bonchev–Trinajstić information content (AvgIpc) is 2.55. The number of hydrogen-bond acceptors (Lipinski definition) is 2. The van der Waals surface area contributed by atoms with Crippen LogP contribution in [0.15, 0.2) is 18.2 Å². The van der Waals surface area contributed by atoms with Crippen LogP contribution in [0.2, 0.25) is 0 Å². The van der Waals surface area contributed by atoms with Crippen LogP contribution >= 0.6 is 0 Å². The molecule has 2 amide bonds. The van der Waals surface area contributed by atoms with Crippen LogP contribution in [0, 0.1) is 31.6 Å². The van der Waals surface area contributed by atoms with Gasteiger partial charge in [-0.25, -0.2) is 4.79 Å². The molecule has 1 aromatic carbocycles. The van der Waals surface area contributed by atoms with Gasteiger partial charge in [0.2, 0.25) is 0 Å². The first kappa shape index (κ1) is 17.7. The molecule has 142 valence electrons. The number of para-hydroxylation sites is 1. The summed E-state index contributed by atoms with van der Waals surface area (Å²) in [7, 11) is 0. The fourth-order valence-electron chi connectivity index (χ4n) is 6.02. The van der Waals surface area contributed by atoms with E-state index in [1.54, 1.807) is 0 Å². The van der Waals surface area contributed by atoms with Crippen molar-refractivity contribution in [3.05, 3.63) is 29.3 Å². The van der Waals surface area contributed by atoms with Crippen LogP contribution in [0.4, 0.5) is 4.79 Å². The van der Waals surface area contributed by atoms with Gasteiger partial charge in [-0.1, -0.05) is 18.2 Å². The summed E-state index contributed by atoms with van der Waals surface area (Å²) in [5, 5.41) is 6.40. The third kappa shape index (κ3) is 3.70. The Balaban J connectivity index is 1.19. The van der Waals surface area contributed by atoms with Crippen LogP contribution < -0.4 is 15.4 Å². The molecule has 5 rings (SSSR count). The van der Waals surface area contributed by atoms with Crippen molar-refractivity contribution in [2.75, 3.05) is 13.2 Å². The number of benzene rings is 1. The number of hydrogen-bond donors (Lipinski definition) is 2. The van der Waals surface area contributed by atoms with Crippen LogP contribution in [0.3, 0.4) is 0 Å². The standard InChI is InChI=1S/C22H32N2O2/c1-15-5-3-6-16(2)20(15)26-8-4-7-23-21(25)24-22-12-17-9-18(13-22)11-19(10-17)14-22/h3,5-6,17-19H,4,7-14H2,1-2H3,(H2,23,24,25). The topological polar surface area (TPSA) is 50.4 Å². The Morgan fingerprint density at radius 1 is 1.08 bits per heavy atom. The molecule has 4 saturated carbocycles. The number of carbonyl (C=O) groups excluding carboxylic acids is 1. The van der Waals surface area contributed by atoms with Crippen LogP contribution in [-0.4, -0.2) is 24.7 Å². The number of ether oxygens (including phenoxy) is 1. The third-order valence-corrected chi connectivity index (χ3v) is 6.68. The van der Waals surface area contributed by atoms with E-state index in [-0.39, 0.29) is 11.6 Å². The molecule has 2 N–H and O–H groups in total. The summed E-state index contributed by atoms with van der Waals surface area (Å²) < 4.78 is 5.91. The van der Waals surface area contributed by atoms with E-state index < -0.39 is 0 Å². The number of rotatable bonds is 6. The lowest BCUT2D eigenvalue weighted by molar-refractivity contribution is -0.0135. The molecule has 0 unspecified atom stereocenters. The third-order valence-electron chi connectivity index (χ3n) is 6.68. The van der Waals surface area contributed by atoms with Gasteiger partial charge in [0.15, 0.2) is 0 Å². The van der Waals surface area contributed by atoms with Crippen molar-refractivity contribution in [1.29, 1.82) is 0 Å².